The zero-order valence-electron chi connectivity index (χ0n) is 14.4. The van der Waals surface area contributed by atoms with Gasteiger partial charge in [-0.25, -0.2) is 14.4 Å². The van der Waals surface area contributed by atoms with Crippen LogP contribution in [0, 0.1) is 17.1 Å². The van der Waals surface area contributed by atoms with Gasteiger partial charge in [-0.1, -0.05) is 13.8 Å². The molecular weight excluding hydrogens is 333 g/mol. The fourth-order valence-corrected chi connectivity index (χ4v) is 3.32. The van der Waals surface area contributed by atoms with Crippen molar-refractivity contribution in [1.82, 2.24) is 19.9 Å². The first-order valence-corrected chi connectivity index (χ1v) is 8.28. The molecule has 26 heavy (non-hydrogen) atoms. The van der Waals surface area contributed by atoms with E-state index < -0.39 is 5.82 Å². The van der Waals surface area contributed by atoms with Gasteiger partial charge in [0.1, 0.15) is 17.2 Å². The molecule has 0 unspecified atom stereocenters. The summed E-state index contributed by atoms with van der Waals surface area (Å²) in [4.78, 5) is 27.3. The number of halogens is 1. The number of rotatable bonds is 3. The molecule has 0 bridgehead atoms. The van der Waals surface area contributed by atoms with Gasteiger partial charge in [0.25, 0.3) is 5.56 Å². The molecule has 0 saturated carbocycles. The zero-order chi connectivity index (χ0) is 18.5. The molecule has 2 heterocycles. The third kappa shape index (κ3) is 2.34. The molecule has 0 saturated heterocycles. The molecular formula is C19H16FN5O. The molecule has 2 aromatic carbocycles. The van der Waals surface area contributed by atoms with E-state index in [1.54, 1.807) is 6.07 Å². The lowest BCUT2D eigenvalue weighted by atomic mass is 9.87. The predicted octanol–water partition coefficient (Wildman–Crippen LogP) is 3.67. The second-order valence-electron chi connectivity index (χ2n) is 7.00. The molecule has 4 rings (SSSR count). The van der Waals surface area contributed by atoms with E-state index in [1.165, 1.54) is 18.5 Å². The molecule has 4 aromatic rings. The Morgan fingerprint density at radius 1 is 1.27 bits per heavy atom. The second-order valence-corrected chi connectivity index (χ2v) is 7.00. The van der Waals surface area contributed by atoms with Crippen molar-refractivity contribution in [3.63, 3.8) is 0 Å². The van der Waals surface area contributed by atoms with Gasteiger partial charge in [-0.05, 0) is 24.6 Å². The molecule has 130 valence electrons. The maximum Gasteiger partial charge on any atom is 0.259 e. The van der Waals surface area contributed by atoms with Gasteiger partial charge in [-0.3, -0.25) is 4.79 Å². The Labute approximate surface area is 147 Å². The van der Waals surface area contributed by atoms with E-state index in [9.17, 15) is 9.18 Å². The average molecular weight is 349 g/mol. The maximum atomic E-state index is 13.8. The number of hydrogen-bond acceptors (Lipinski definition) is 4. The Hall–Kier alpha value is -3.27. The van der Waals surface area contributed by atoms with Gasteiger partial charge in [0.05, 0.1) is 28.8 Å². The van der Waals surface area contributed by atoms with E-state index in [0.717, 1.165) is 0 Å². The number of aromatic nitrogens is 4. The molecule has 7 heteroatoms. The fourth-order valence-electron chi connectivity index (χ4n) is 3.32. The minimum atomic E-state index is -0.425. The van der Waals surface area contributed by atoms with Crippen LogP contribution in [-0.4, -0.2) is 19.9 Å². The van der Waals surface area contributed by atoms with Crippen LogP contribution in [0.25, 0.3) is 32.7 Å². The maximum absolute atomic E-state index is 13.8. The fraction of sp³-hybridized carbons (Fsp3) is 0.263. The van der Waals surface area contributed by atoms with Gasteiger partial charge in [0.15, 0.2) is 0 Å². The molecule has 0 fully saturated rings. The van der Waals surface area contributed by atoms with E-state index in [2.05, 4.69) is 21.0 Å². The first-order valence-electron chi connectivity index (χ1n) is 8.28. The number of nitrogens with one attached hydrogen (secondary N) is 2. The largest absolute Gasteiger partial charge is 0.340 e. The molecule has 0 spiro atoms. The first kappa shape index (κ1) is 16.2. The van der Waals surface area contributed by atoms with E-state index >= 15 is 0 Å². The minimum absolute atomic E-state index is 0.326. The van der Waals surface area contributed by atoms with Crippen LogP contribution in [0.15, 0.2) is 29.3 Å². The van der Waals surface area contributed by atoms with E-state index in [-0.39, 0.29) is 11.0 Å². The number of imidazole rings is 1. The summed E-state index contributed by atoms with van der Waals surface area (Å²) in [7, 11) is 0. The second kappa shape index (κ2) is 5.63. The van der Waals surface area contributed by atoms with E-state index in [4.69, 9.17) is 10.2 Å². The Balaban J connectivity index is 2.15. The lowest BCUT2D eigenvalue weighted by Crippen LogP contribution is -2.18. The van der Waals surface area contributed by atoms with Gasteiger partial charge in [0, 0.05) is 22.6 Å². The van der Waals surface area contributed by atoms with Crippen molar-refractivity contribution >= 4 is 32.7 Å². The Morgan fingerprint density at radius 2 is 2.08 bits per heavy atom. The lowest BCUT2D eigenvalue weighted by Gasteiger charge is -2.20. The number of aromatic amines is 2. The first-order chi connectivity index (χ1) is 12.4. The third-order valence-corrected chi connectivity index (χ3v) is 4.80. The highest BCUT2D eigenvalue weighted by Crippen LogP contribution is 2.34. The highest BCUT2D eigenvalue weighted by molar-refractivity contribution is 6.21. The molecule has 0 atom stereocenters. The van der Waals surface area contributed by atoms with E-state index in [1.807, 2.05) is 13.8 Å². The molecule has 6 nitrogen and oxygen atoms in total. The molecule has 2 N–H and O–H groups in total. The molecule has 0 aliphatic heterocycles. The van der Waals surface area contributed by atoms with Crippen molar-refractivity contribution in [2.45, 2.75) is 32.1 Å². The van der Waals surface area contributed by atoms with Crippen LogP contribution in [-0.2, 0) is 5.41 Å². The summed E-state index contributed by atoms with van der Waals surface area (Å²) in [6.45, 7) is 4.01. The minimum Gasteiger partial charge on any atom is -0.340 e. The van der Waals surface area contributed by atoms with Crippen molar-refractivity contribution in [3.05, 3.63) is 46.5 Å². The van der Waals surface area contributed by atoms with Gasteiger partial charge < -0.3 is 9.97 Å². The van der Waals surface area contributed by atoms with Crippen LogP contribution in [0.2, 0.25) is 0 Å². The molecule has 0 radical (unpaired) electrons. The van der Waals surface area contributed by atoms with Crippen LogP contribution in [0.5, 0.6) is 0 Å². The number of hydrogen-bond donors (Lipinski definition) is 2. The number of fused-ring (bicyclic) bond motifs is 6. The topological polar surface area (TPSA) is 98.2 Å². The summed E-state index contributed by atoms with van der Waals surface area (Å²) in [5.74, 6) is 0.287. The summed E-state index contributed by atoms with van der Waals surface area (Å²) >= 11 is 0. The van der Waals surface area contributed by atoms with Crippen LogP contribution >= 0.6 is 0 Å². The average Bonchev–Trinajstić information content (AvgIpc) is 3.06. The summed E-state index contributed by atoms with van der Waals surface area (Å²) in [6, 6.07) is 6.48. The monoisotopic (exact) mass is 349 g/mol. The molecule has 0 aliphatic carbocycles. The zero-order valence-corrected chi connectivity index (χ0v) is 14.4. The number of nitriles is 1. The Bertz CT molecular complexity index is 1260. The molecule has 0 amide bonds. The summed E-state index contributed by atoms with van der Waals surface area (Å²) in [5.41, 5.74) is 1.06. The van der Waals surface area contributed by atoms with Gasteiger partial charge in [-0.15, -0.1) is 0 Å². The van der Waals surface area contributed by atoms with Crippen molar-refractivity contribution in [1.29, 1.82) is 5.26 Å². The lowest BCUT2D eigenvalue weighted by molar-refractivity contribution is 0.462. The third-order valence-electron chi connectivity index (χ3n) is 4.80. The Morgan fingerprint density at radius 3 is 2.85 bits per heavy atom. The summed E-state index contributed by atoms with van der Waals surface area (Å²) in [5, 5.41) is 10.4. The van der Waals surface area contributed by atoms with Crippen LogP contribution in [0.3, 0.4) is 0 Å². The van der Waals surface area contributed by atoms with Gasteiger partial charge in [0.2, 0.25) is 0 Å². The highest BCUT2D eigenvalue weighted by Gasteiger charge is 2.26. The summed E-state index contributed by atoms with van der Waals surface area (Å²) < 4.78 is 13.8. The number of H-pyrrole nitrogens is 2. The quantitative estimate of drug-likeness (QED) is 0.551. The highest BCUT2D eigenvalue weighted by atomic mass is 19.1. The molecule has 0 aliphatic rings. The number of nitrogens with zero attached hydrogens (tertiary/aromatic N) is 3. The summed E-state index contributed by atoms with van der Waals surface area (Å²) in [6.07, 6.45) is 2.38. The number of benzene rings is 2. The van der Waals surface area contributed by atoms with Crippen LogP contribution in [0.4, 0.5) is 4.39 Å². The normalized spacial score (nSPS) is 12.1. The van der Waals surface area contributed by atoms with Crippen molar-refractivity contribution in [2.24, 2.45) is 0 Å². The van der Waals surface area contributed by atoms with Crippen molar-refractivity contribution < 1.29 is 4.39 Å². The van der Waals surface area contributed by atoms with Crippen molar-refractivity contribution in [3.8, 4) is 6.07 Å². The standard InChI is InChI=1S/C19H16FN5O/c1-19(2,6-3-7-21)18-24-14-11-5-4-10(20)8-12(11)13-15(16(14)25-18)22-9-23-17(13)26/h4-5,8-9H,3,6H2,1-2H3,(H,24,25)(H,22,23,26). The SMILES string of the molecule is CC(C)(CCC#N)c1nc2c3ccc(F)cc3c3c(=O)[nH]cnc3c2[nH]1. The Kier molecular flexibility index (Phi) is 3.51. The predicted molar refractivity (Wildman–Crippen MR) is 97.4 cm³/mol. The molecule has 2 aromatic heterocycles. The van der Waals surface area contributed by atoms with Crippen molar-refractivity contribution in [2.75, 3.05) is 0 Å². The van der Waals surface area contributed by atoms with Gasteiger partial charge in [-0.2, -0.15) is 5.26 Å². The smallest absolute Gasteiger partial charge is 0.259 e. The van der Waals surface area contributed by atoms with E-state index in [0.29, 0.717) is 51.4 Å². The van der Waals surface area contributed by atoms with Gasteiger partial charge >= 0.3 is 0 Å². The van der Waals surface area contributed by atoms with Crippen LogP contribution in [0.1, 0.15) is 32.5 Å². The van der Waals surface area contributed by atoms with Crippen LogP contribution < -0.4 is 5.56 Å².